The van der Waals surface area contributed by atoms with Gasteiger partial charge in [0, 0.05) is 23.1 Å². The highest BCUT2D eigenvalue weighted by molar-refractivity contribution is 6.42. The van der Waals surface area contributed by atoms with Crippen LogP contribution in [0.15, 0.2) is 42.7 Å². The van der Waals surface area contributed by atoms with E-state index >= 15 is 0 Å². The Hall–Kier alpha value is -2.44. The van der Waals surface area contributed by atoms with E-state index in [0.29, 0.717) is 27.0 Å². The molecule has 3 aromatic rings. The standard InChI is InChI=1S/C19H15Cl2FN4O/c1-11-6-12(4-5-23-11)15-9-24-26-14(8-22)10-25(19(27)18(15)26)13-2-3-16(20)17(21)7-13/h2-7,9,14H,8,10H2,1H3. The Morgan fingerprint density at radius 2 is 2.04 bits per heavy atom. The second-order valence-corrected chi connectivity index (χ2v) is 7.17. The monoisotopic (exact) mass is 404 g/mol. The van der Waals surface area contributed by atoms with Gasteiger partial charge in [-0.3, -0.25) is 14.5 Å². The van der Waals surface area contributed by atoms with Gasteiger partial charge in [-0.1, -0.05) is 23.2 Å². The van der Waals surface area contributed by atoms with Crippen molar-refractivity contribution in [2.24, 2.45) is 0 Å². The first-order valence-electron chi connectivity index (χ1n) is 8.33. The van der Waals surface area contributed by atoms with Crippen molar-refractivity contribution in [3.05, 3.63) is 64.2 Å². The van der Waals surface area contributed by atoms with Crippen molar-refractivity contribution in [3.8, 4) is 11.1 Å². The highest BCUT2D eigenvalue weighted by Gasteiger charge is 2.35. The number of fused-ring (bicyclic) bond motifs is 1. The van der Waals surface area contributed by atoms with Gasteiger partial charge in [-0.2, -0.15) is 5.10 Å². The summed E-state index contributed by atoms with van der Waals surface area (Å²) in [5.41, 5.74) is 3.19. The molecule has 0 aliphatic carbocycles. The Labute approximate surface area is 165 Å². The molecule has 27 heavy (non-hydrogen) atoms. The Morgan fingerprint density at radius 3 is 2.74 bits per heavy atom. The third-order valence-corrected chi connectivity index (χ3v) is 5.32. The molecule has 2 aromatic heterocycles. The molecule has 1 aromatic carbocycles. The van der Waals surface area contributed by atoms with Crippen molar-refractivity contribution >= 4 is 34.8 Å². The van der Waals surface area contributed by atoms with E-state index in [1.54, 1.807) is 36.7 Å². The second-order valence-electron chi connectivity index (χ2n) is 6.36. The summed E-state index contributed by atoms with van der Waals surface area (Å²) in [6.45, 7) is 1.39. The number of carbonyl (C=O) groups is 1. The van der Waals surface area contributed by atoms with E-state index in [1.807, 2.05) is 13.0 Å². The van der Waals surface area contributed by atoms with Gasteiger partial charge in [-0.25, -0.2) is 4.39 Å². The Bertz CT molecular complexity index is 1040. The van der Waals surface area contributed by atoms with Crippen LogP contribution in [0.25, 0.3) is 11.1 Å². The fraction of sp³-hybridized carbons (Fsp3) is 0.211. The van der Waals surface area contributed by atoms with Crippen molar-refractivity contribution in [2.75, 3.05) is 18.1 Å². The first kappa shape index (κ1) is 17.9. The van der Waals surface area contributed by atoms with Crippen LogP contribution in [0.1, 0.15) is 22.2 Å². The first-order valence-corrected chi connectivity index (χ1v) is 9.08. The van der Waals surface area contributed by atoms with Crippen LogP contribution < -0.4 is 4.90 Å². The van der Waals surface area contributed by atoms with Crippen molar-refractivity contribution in [3.63, 3.8) is 0 Å². The number of anilines is 1. The van der Waals surface area contributed by atoms with Crippen LogP contribution in [0.3, 0.4) is 0 Å². The summed E-state index contributed by atoms with van der Waals surface area (Å²) < 4.78 is 15.2. The van der Waals surface area contributed by atoms with Gasteiger partial charge in [0.1, 0.15) is 12.4 Å². The molecule has 1 aliphatic rings. The minimum absolute atomic E-state index is 0.163. The molecule has 0 saturated carbocycles. The maximum atomic E-state index is 13.7. The Balaban J connectivity index is 1.84. The zero-order chi connectivity index (χ0) is 19.1. The summed E-state index contributed by atoms with van der Waals surface area (Å²) in [7, 11) is 0. The Morgan fingerprint density at radius 1 is 1.22 bits per heavy atom. The van der Waals surface area contributed by atoms with Gasteiger partial charge >= 0.3 is 0 Å². The zero-order valence-electron chi connectivity index (χ0n) is 14.4. The molecular formula is C19H15Cl2FN4O. The minimum atomic E-state index is -0.644. The SMILES string of the molecule is Cc1cc(-c2cnn3c2C(=O)N(c2ccc(Cl)c(Cl)c2)CC3CF)ccn1. The highest BCUT2D eigenvalue weighted by Crippen LogP contribution is 2.35. The van der Waals surface area contributed by atoms with Crippen LogP contribution in [-0.2, 0) is 0 Å². The Kier molecular flexibility index (Phi) is 4.61. The number of carbonyl (C=O) groups excluding carboxylic acids is 1. The molecule has 138 valence electrons. The van der Waals surface area contributed by atoms with E-state index in [0.717, 1.165) is 11.3 Å². The molecule has 4 rings (SSSR count). The van der Waals surface area contributed by atoms with Gasteiger partial charge in [0.15, 0.2) is 0 Å². The third kappa shape index (κ3) is 3.09. The van der Waals surface area contributed by atoms with Crippen LogP contribution in [0, 0.1) is 6.92 Å². The van der Waals surface area contributed by atoms with Gasteiger partial charge in [0.2, 0.25) is 0 Å². The van der Waals surface area contributed by atoms with Gasteiger partial charge in [0.25, 0.3) is 5.91 Å². The molecule has 1 unspecified atom stereocenters. The van der Waals surface area contributed by atoms with Gasteiger partial charge < -0.3 is 4.90 Å². The molecule has 0 bridgehead atoms. The molecule has 1 aliphatic heterocycles. The number of hydrogen-bond donors (Lipinski definition) is 0. The average molecular weight is 405 g/mol. The smallest absolute Gasteiger partial charge is 0.277 e. The van der Waals surface area contributed by atoms with Crippen LogP contribution in [0.2, 0.25) is 10.0 Å². The summed E-state index contributed by atoms with van der Waals surface area (Å²) in [4.78, 5) is 19.0. The molecule has 3 heterocycles. The number of halogens is 3. The highest BCUT2D eigenvalue weighted by atomic mass is 35.5. The predicted molar refractivity (Wildman–Crippen MR) is 103 cm³/mol. The summed E-state index contributed by atoms with van der Waals surface area (Å²) in [5, 5.41) is 5.02. The summed E-state index contributed by atoms with van der Waals surface area (Å²) >= 11 is 12.1. The lowest BCUT2D eigenvalue weighted by molar-refractivity contribution is 0.0946. The van der Waals surface area contributed by atoms with E-state index < -0.39 is 12.7 Å². The predicted octanol–water partition coefficient (Wildman–Crippen LogP) is 4.73. The summed E-state index contributed by atoms with van der Waals surface area (Å²) in [6.07, 6.45) is 3.27. The number of rotatable bonds is 3. The van der Waals surface area contributed by atoms with Crippen molar-refractivity contribution in [2.45, 2.75) is 13.0 Å². The van der Waals surface area contributed by atoms with Crippen LogP contribution >= 0.6 is 23.2 Å². The normalized spacial score (nSPS) is 16.5. The van der Waals surface area contributed by atoms with Crippen molar-refractivity contribution < 1.29 is 9.18 Å². The number of alkyl halides is 1. The minimum Gasteiger partial charge on any atom is -0.305 e. The van der Waals surface area contributed by atoms with Gasteiger partial charge in [0.05, 0.1) is 28.8 Å². The number of aryl methyl sites for hydroxylation is 1. The van der Waals surface area contributed by atoms with Crippen LogP contribution in [0.5, 0.6) is 0 Å². The topological polar surface area (TPSA) is 51.0 Å². The lowest BCUT2D eigenvalue weighted by Crippen LogP contribution is -2.44. The molecule has 0 N–H and O–H groups in total. The zero-order valence-corrected chi connectivity index (χ0v) is 15.9. The molecule has 0 spiro atoms. The number of pyridine rings is 1. The van der Waals surface area contributed by atoms with E-state index in [4.69, 9.17) is 23.2 Å². The van der Waals surface area contributed by atoms with Gasteiger partial charge in [-0.05, 0) is 42.8 Å². The maximum absolute atomic E-state index is 13.7. The third-order valence-electron chi connectivity index (χ3n) is 4.58. The summed E-state index contributed by atoms with van der Waals surface area (Å²) in [5.74, 6) is -0.264. The molecule has 0 saturated heterocycles. The lowest BCUT2D eigenvalue weighted by atomic mass is 10.0. The van der Waals surface area contributed by atoms with Crippen molar-refractivity contribution in [1.29, 1.82) is 0 Å². The summed E-state index contributed by atoms with van der Waals surface area (Å²) in [6, 6.07) is 8.02. The number of aromatic nitrogens is 3. The number of benzene rings is 1. The van der Waals surface area contributed by atoms with E-state index in [9.17, 15) is 9.18 Å². The molecule has 8 heteroatoms. The van der Waals surface area contributed by atoms with E-state index in [1.165, 1.54) is 9.58 Å². The van der Waals surface area contributed by atoms with Crippen LogP contribution in [0.4, 0.5) is 10.1 Å². The fourth-order valence-electron chi connectivity index (χ4n) is 3.27. The fourth-order valence-corrected chi connectivity index (χ4v) is 3.56. The number of nitrogens with zero attached hydrogens (tertiary/aromatic N) is 4. The van der Waals surface area contributed by atoms with E-state index in [2.05, 4.69) is 10.1 Å². The molecular weight excluding hydrogens is 390 g/mol. The molecule has 0 fully saturated rings. The largest absolute Gasteiger partial charge is 0.305 e. The van der Waals surface area contributed by atoms with Crippen LogP contribution in [-0.4, -0.2) is 33.9 Å². The molecule has 0 radical (unpaired) electrons. The second kappa shape index (κ2) is 6.94. The molecule has 1 amide bonds. The molecule has 1 atom stereocenters. The van der Waals surface area contributed by atoms with Crippen molar-refractivity contribution in [1.82, 2.24) is 14.8 Å². The maximum Gasteiger partial charge on any atom is 0.277 e. The molecule has 5 nitrogen and oxygen atoms in total. The number of amides is 1. The van der Waals surface area contributed by atoms with E-state index in [-0.39, 0.29) is 12.5 Å². The average Bonchev–Trinajstić information content (AvgIpc) is 3.10. The lowest BCUT2D eigenvalue weighted by Gasteiger charge is -2.33. The quantitative estimate of drug-likeness (QED) is 0.633. The first-order chi connectivity index (χ1) is 13.0. The number of hydrogen-bond acceptors (Lipinski definition) is 3. The van der Waals surface area contributed by atoms with Gasteiger partial charge in [-0.15, -0.1) is 0 Å².